The summed E-state index contributed by atoms with van der Waals surface area (Å²) in [4.78, 5) is 38.3. The van der Waals surface area contributed by atoms with E-state index in [4.69, 9.17) is 27.6 Å². The first-order chi connectivity index (χ1) is 14.3. The van der Waals surface area contributed by atoms with Crippen molar-refractivity contribution < 1.29 is 18.8 Å². The first-order valence-electron chi connectivity index (χ1n) is 8.56. The zero-order chi connectivity index (χ0) is 21.4. The Balaban J connectivity index is 1.68. The van der Waals surface area contributed by atoms with Gasteiger partial charge in [0.15, 0.2) is 0 Å². The maximum atomic E-state index is 12.9. The van der Waals surface area contributed by atoms with Crippen LogP contribution in [-0.2, 0) is 9.59 Å². The Morgan fingerprint density at radius 2 is 1.70 bits per heavy atom. The molecule has 1 aliphatic heterocycles. The largest absolute Gasteiger partial charge is 0.457 e. The number of barbiturate groups is 1. The van der Waals surface area contributed by atoms with Crippen molar-refractivity contribution in [2.24, 2.45) is 0 Å². The molecule has 4 amide bonds. The van der Waals surface area contributed by atoms with Gasteiger partial charge in [-0.1, -0.05) is 39.1 Å². The summed E-state index contributed by atoms with van der Waals surface area (Å²) in [5.74, 6) is -0.873. The van der Waals surface area contributed by atoms with Crippen LogP contribution < -0.4 is 10.2 Å². The summed E-state index contributed by atoms with van der Waals surface area (Å²) in [5, 5.41) is 3.05. The third kappa shape index (κ3) is 3.92. The number of halogens is 3. The Morgan fingerprint density at radius 3 is 2.40 bits per heavy atom. The summed E-state index contributed by atoms with van der Waals surface area (Å²) < 4.78 is 6.51. The molecule has 0 spiro atoms. The van der Waals surface area contributed by atoms with Crippen molar-refractivity contribution in [3.63, 3.8) is 0 Å². The highest BCUT2D eigenvalue weighted by atomic mass is 79.9. The summed E-state index contributed by atoms with van der Waals surface area (Å²) in [6.07, 6.45) is 1.28. The molecule has 1 aliphatic rings. The summed E-state index contributed by atoms with van der Waals surface area (Å²) >= 11 is 15.4. The van der Waals surface area contributed by atoms with Crippen LogP contribution in [0.1, 0.15) is 5.76 Å². The van der Waals surface area contributed by atoms with Gasteiger partial charge in [-0.05, 0) is 60.7 Å². The van der Waals surface area contributed by atoms with Gasteiger partial charge in [0.2, 0.25) is 0 Å². The predicted octanol–water partition coefficient (Wildman–Crippen LogP) is 5.68. The Kier molecular flexibility index (Phi) is 5.51. The Morgan fingerprint density at radius 1 is 0.967 bits per heavy atom. The molecule has 0 atom stereocenters. The van der Waals surface area contributed by atoms with Gasteiger partial charge < -0.3 is 4.42 Å². The van der Waals surface area contributed by atoms with Gasteiger partial charge in [-0.3, -0.25) is 14.9 Å². The lowest BCUT2D eigenvalue weighted by molar-refractivity contribution is -0.122. The molecule has 1 N–H and O–H groups in total. The SMILES string of the molecule is O=C1NC(=O)N(c2ccc(Br)cc2)C(=O)/C1=C\c1ccc(-c2ccc(Cl)cc2Cl)o1. The van der Waals surface area contributed by atoms with Crippen LogP contribution in [0.15, 0.2) is 69.1 Å². The maximum Gasteiger partial charge on any atom is 0.335 e. The number of anilines is 1. The number of hydrogen-bond donors (Lipinski definition) is 1. The van der Waals surface area contributed by atoms with Gasteiger partial charge >= 0.3 is 6.03 Å². The third-order valence-electron chi connectivity index (χ3n) is 4.30. The topological polar surface area (TPSA) is 79.6 Å². The van der Waals surface area contributed by atoms with Gasteiger partial charge in [0.25, 0.3) is 11.8 Å². The monoisotopic (exact) mass is 504 g/mol. The third-order valence-corrected chi connectivity index (χ3v) is 5.37. The first kappa shape index (κ1) is 20.4. The van der Waals surface area contributed by atoms with Gasteiger partial charge in [-0.2, -0.15) is 0 Å². The van der Waals surface area contributed by atoms with E-state index in [2.05, 4.69) is 21.2 Å². The normalized spacial score (nSPS) is 15.6. The number of imide groups is 2. The van der Waals surface area contributed by atoms with E-state index in [-0.39, 0.29) is 11.3 Å². The first-order valence-corrected chi connectivity index (χ1v) is 10.1. The van der Waals surface area contributed by atoms with Gasteiger partial charge in [0.1, 0.15) is 17.1 Å². The quantitative estimate of drug-likeness (QED) is 0.366. The molecule has 2 heterocycles. The second kappa shape index (κ2) is 8.10. The van der Waals surface area contributed by atoms with E-state index in [1.54, 1.807) is 54.6 Å². The van der Waals surface area contributed by atoms with E-state index in [0.717, 1.165) is 9.37 Å². The van der Waals surface area contributed by atoms with E-state index in [9.17, 15) is 14.4 Å². The number of urea groups is 1. The van der Waals surface area contributed by atoms with Gasteiger partial charge in [-0.15, -0.1) is 0 Å². The highest BCUT2D eigenvalue weighted by molar-refractivity contribution is 9.10. The summed E-state index contributed by atoms with van der Waals surface area (Å²) in [6, 6.07) is 13.9. The minimum absolute atomic E-state index is 0.236. The highest BCUT2D eigenvalue weighted by Crippen LogP contribution is 2.32. The lowest BCUT2D eigenvalue weighted by Crippen LogP contribution is -2.54. The summed E-state index contributed by atoms with van der Waals surface area (Å²) in [6.45, 7) is 0. The van der Waals surface area contributed by atoms with Crippen LogP contribution in [0.25, 0.3) is 17.4 Å². The molecule has 3 aromatic rings. The zero-order valence-corrected chi connectivity index (χ0v) is 18.1. The van der Waals surface area contributed by atoms with Crippen LogP contribution in [-0.4, -0.2) is 17.8 Å². The van der Waals surface area contributed by atoms with Crippen LogP contribution in [0.4, 0.5) is 10.5 Å². The smallest absolute Gasteiger partial charge is 0.335 e. The highest BCUT2D eigenvalue weighted by Gasteiger charge is 2.37. The fourth-order valence-corrected chi connectivity index (χ4v) is 3.65. The Labute approximate surface area is 189 Å². The molecule has 6 nitrogen and oxygen atoms in total. The average Bonchev–Trinajstić information content (AvgIpc) is 3.15. The summed E-state index contributed by atoms with van der Waals surface area (Å²) in [5.41, 5.74) is 0.699. The molecule has 2 aromatic carbocycles. The molecular weight excluding hydrogens is 495 g/mol. The minimum atomic E-state index is -0.822. The molecule has 0 aliphatic carbocycles. The van der Waals surface area contributed by atoms with Crippen molar-refractivity contribution in [2.45, 2.75) is 0 Å². The van der Waals surface area contributed by atoms with Crippen LogP contribution in [0.2, 0.25) is 10.0 Å². The van der Waals surface area contributed by atoms with Crippen LogP contribution >= 0.6 is 39.1 Å². The average molecular weight is 506 g/mol. The number of rotatable bonds is 3. The molecule has 4 rings (SSSR count). The van der Waals surface area contributed by atoms with Gasteiger partial charge in [-0.25, -0.2) is 9.69 Å². The molecule has 9 heteroatoms. The molecule has 0 unspecified atom stereocenters. The molecular formula is C21H11BrCl2N2O4. The minimum Gasteiger partial charge on any atom is -0.457 e. The van der Waals surface area contributed by atoms with Crippen molar-refractivity contribution in [1.29, 1.82) is 0 Å². The van der Waals surface area contributed by atoms with Gasteiger partial charge in [0, 0.05) is 15.1 Å². The number of nitrogens with zero attached hydrogens (tertiary/aromatic N) is 1. The number of furan rings is 1. The molecule has 1 fully saturated rings. The number of amides is 4. The van der Waals surface area contributed by atoms with Crippen molar-refractivity contribution in [3.05, 3.63) is 80.4 Å². The number of nitrogens with one attached hydrogen (secondary N) is 1. The van der Waals surface area contributed by atoms with Crippen molar-refractivity contribution in [2.75, 3.05) is 4.90 Å². The lowest BCUT2D eigenvalue weighted by atomic mass is 10.1. The standard InChI is InChI=1S/C21H11BrCl2N2O4/c22-11-1-4-13(5-2-11)26-20(28)16(19(27)25-21(26)29)10-14-6-8-18(30-14)15-7-3-12(23)9-17(15)24/h1-10H,(H,25,27,29)/b16-10-. The van der Waals surface area contributed by atoms with Crippen molar-refractivity contribution in [3.8, 4) is 11.3 Å². The number of carbonyl (C=O) groups excluding carboxylic acids is 3. The number of hydrogen-bond acceptors (Lipinski definition) is 4. The zero-order valence-electron chi connectivity index (χ0n) is 15.0. The van der Waals surface area contributed by atoms with Gasteiger partial charge in [0.05, 0.1) is 10.7 Å². The molecule has 1 saturated heterocycles. The molecule has 0 radical (unpaired) electrons. The predicted molar refractivity (Wildman–Crippen MR) is 117 cm³/mol. The Bertz CT molecular complexity index is 1220. The molecule has 0 bridgehead atoms. The van der Waals surface area contributed by atoms with E-state index >= 15 is 0 Å². The molecule has 30 heavy (non-hydrogen) atoms. The number of carbonyl (C=O) groups is 3. The molecule has 150 valence electrons. The van der Waals surface area contributed by atoms with E-state index in [1.165, 1.54) is 6.08 Å². The Hall–Kier alpha value is -2.87. The van der Waals surface area contributed by atoms with Crippen molar-refractivity contribution >= 4 is 68.7 Å². The lowest BCUT2D eigenvalue weighted by Gasteiger charge is -2.26. The van der Waals surface area contributed by atoms with E-state index in [1.807, 2.05) is 0 Å². The van der Waals surface area contributed by atoms with Crippen LogP contribution in [0.5, 0.6) is 0 Å². The number of benzene rings is 2. The second-order valence-electron chi connectivity index (χ2n) is 6.26. The summed E-state index contributed by atoms with van der Waals surface area (Å²) in [7, 11) is 0. The van der Waals surface area contributed by atoms with E-state index in [0.29, 0.717) is 27.1 Å². The van der Waals surface area contributed by atoms with Crippen molar-refractivity contribution in [1.82, 2.24) is 5.32 Å². The fraction of sp³-hybridized carbons (Fsp3) is 0. The molecule has 1 aromatic heterocycles. The molecule has 0 saturated carbocycles. The fourth-order valence-electron chi connectivity index (χ4n) is 2.89. The maximum absolute atomic E-state index is 12.9. The van der Waals surface area contributed by atoms with Crippen LogP contribution in [0.3, 0.4) is 0 Å². The second-order valence-corrected chi connectivity index (χ2v) is 8.02. The van der Waals surface area contributed by atoms with Crippen LogP contribution in [0, 0.1) is 0 Å². The van der Waals surface area contributed by atoms with E-state index < -0.39 is 17.8 Å².